The minimum atomic E-state index is -0.522. The van der Waals surface area contributed by atoms with Crippen LogP contribution in [0.15, 0.2) is 12.4 Å². The van der Waals surface area contributed by atoms with E-state index in [2.05, 4.69) is 4.98 Å². The third kappa shape index (κ3) is 1.57. The molecule has 1 aromatic heterocycles. The van der Waals surface area contributed by atoms with E-state index in [0.717, 1.165) is 0 Å². The van der Waals surface area contributed by atoms with E-state index in [-0.39, 0.29) is 12.2 Å². The molecule has 0 aliphatic heterocycles. The van der Waals surface area contributed by atoms with Gasteiger partial charge in [-0.1, -0.05) is 0 Å². The van der Waals surface area contributed by atoms with Gasteiger partial charge in [0.05, 0.1) is 12.5 Å². The zero-order valence-corrected chi connectivity index (χ0v) is 5.84. The number of nitrogens with one attached hydrogen (secondary N) is 1. The molecule has 11 heavy (non-hydrogen) atoms. The first-order valence-corrected chi connectivity index (χ1v) is 3.20. The van der Waals surface area contributed by atoms with Gasteiger partial charge in [0.25, 0.3) is 0 Å². The predicted molar refractivity (Wildman–Crippen MR) is 37.9 cm³/mol. The largest absolute Gasteiger partial charge is 0.365 e. The normalized spacial score (nSPS) is 12.5. The zero-order chi connectivity index (χ0) is 8.27. The molecule has 0 amide bonds. The lowest BCUT2D eigenvalue weighted by Gasteiger charge is -2.02. The van der Waals surface area contributed by atoms with Crippen molar-refractivity contribution >= 4 is 0 Å². The van der Waals surface area contributed by atoms with E-state index >= 15 is 0 Å². The predicted octanol–water partition coefficient (Wildman–Crippen LogP) is 1.07. The number of halogens is 1. The molecule has 0 aliphatic carbocycles. The third-order valence-electron chi connectivity index (χ3n) is 1.44. The molecule has 1 aromatic rings. The second-order valence-corrected chi connectivity index (χ2v) is 2.23. The first-order valence-electron chi connectivity index (χ1n) is 3.20. The van der Waals surface area contributed by atoms with E-state index < -0.39 is 6.04 Å². The zero-order valence-electron chi connectivity index (χ0n) is 5.84. The summed E-state index contributed by atoms with van der Waals surface area (Å²) in [7, 11) is 0. The van der Waals surface area contributed by atoms with Crippen LogP contribution in [0.1, 0.15) is 18.0 Å². The Labute approximate surface area is 63.6 Å². The highest BCUT2D eigenvalue weighted by Crippen LogP contribution is 2.15. The van der Waals surface area contributed by atoms with Crippen LogP contribution in [0, 0.1) is 17.1 Å². The van der Waals surface area contributed by atoms with Gasteiger partial charge in [0.15, 0.2) is 0 Å². The molecule has 0 fully saturated rings. The van der Waals surface area contributed by atoms with Crippen molar-refractivity contribution in [3.05, 3.63) is 23.8 Å². The van der Waals surface area contributed by atoms with Crippen LogP contribution in [0.4, 0.5) is 4.39 Å². The molecule has 58 valence electrons. The number of nitrogens with zero attached hydrogens (tertiary/aromatic N) is 1. The fourth-order valence-electron chi connectivity index (χ4n) is 0.849. The van der Waals surface area contributed by atoms with Crippen LogP contribution in [0.3, 0.4) is 0 Å². The van der Waals surface area contributed by atoms with Crippen LogP contribution in [-0.4, -0.2) is 4.98 Å². The van der Waals surface area contributed by atoms with Gasteiger partial charge in [-0.3, -0.25) is 0 Å². The van der Waals surface area contributed by atoms with Crippen molar-refractivity contribution in [2.75, 3.05) is 0 Å². The smallest absolute Gasteiger partial charge is 0.145 e. The summed E-state index contributed by atoms with van der Waals surface area (Å²) in [4.78, 5) is 2.57. The minimum absolute atomic E-state index is 0.134. The second-order valence-electron chi connectivity index (χ2n) is 2.23. The molecule has 1 heterocycles. The summed E-state index contributed by atoms with van der Waals surface area (Å²) >= 11 is 0. The molecule has 3 N–H and O–H groups in total. The second kappa shape index (κ2) is 3.17. The molecule has 0 aliphatic rings. The Morgan fingerprint density at radius 2 is 2.45 bits per heavy atom. The molecule has 3 nitrogen and oxygen atoms in total. The first-order chi connectivity index (χ1) is 5.25. The fraction of sp³-hybridized carbons (Fsp3) is 0.286. The Morgan fingerprint density at radius 3 is 2.91 bits per heavy atom. The molecule has 0 spiro atoms. The van der Waals surface area contributed by atoms with Gasteiger partial charge in [0.2, 0.25) is 0 Å². The molecular weight excluding hydrogens is 145 g/mol. The van der Waals surface area contributed by atoms with E-state index in [1.54, 1.807) is 0 Å². The van der Waals surface area contributed by atoms with Gasteiger partial charge in [-0.25, -0.2) is 4.39 Å². The SMILES string of the molecule is N#CCC(N)c1c[nH]cc1F. The third-order valence-corrected chi connectivity index (χ3v) is 1.44. The lowest BCUT2D eigenvalue weighted by Crippen LogP contribution is -2.09. The van der Waals surface area contributed by atoms with E-state index in [9.17, 15) is 4.39 Å². The Bertz CT molecular complexity index is 273. The first kappa shape index (κ1) is 7.76. The Morgan fingerprint density at radius 1 is 1.73 bits per heavy atom. The van der Waals surface area contributed by atoms with Gasteiger partial charge in [-0.05, 0) is 0 Å². The lowest BCUT2D eigenvalue weighted by molar-refractivity contribution is 0.590. The molecule has 1 unspecified atom stereocenters. The molecule has 0 saturated heterocycles. The van der Waals surface area contributed by atoms with Gasteiger partial charge >= 0.3 is 0 Å². The molecule has 4 heteroatoms. The van der Waals surface area contributed by atoms with Crippen molar-refractivity contribution in [3.63, 3.8) is 0 Å². The average molecular weight is 153 g/mol. The van der Waals surface area contributed by atoms with Crippen LogP contribution in [0.5, 0.6) is 0 Å². The van der Waals surface area contributed by atoms with E-state index in [1.165, 1.54) is 12.4 Å². The summed E-state index contributed by atoms with van der Waals surface area (Å²) in [6, 6.07) is 1.36. The van der Waals surface area contributed by atoms with Gasteiger partial charge < -0.3 is 10.7 Å². The van der Waals surface area contributed by atoms with Crippen molar-refractivity contribution < 1.29 is 4.39 Å². The molecule has 0 bridgehead atoms. The number of aromatic amines is 1. The van der Waals surface area contributed by atoms with Crippen molar-refractivity contribution in [1.82, 2.24) is 4.98 Å². The number of hydrogen-bond acceptors (Lipinski definition) is 2. The van der Waals surface area contributed by atoms with E-state index in [1.807, 2.05) is 6.07 Å². The minimum Gasteiger partial charge on any atom is -0.365 e. The van der Waals surface area contributed by atoms with Crippen LogP contribution in [-0.2, 0) is 0 Å². The van der Waals surface area contributed by atoms with Crippen molar-refractivity contribution in [3.8, 4) is 6.07 Å². The van der Waals surface area contributed by atoms with Crippen molar-refractivity contribution in [1.29, 1.82) is 5.26 Å². The molecule has 1 atom stereocenters. The summed E-state index contributed by atoms with van der Waals surface area (Å²) in [5.74, 6) is -0.382. The number of hydrogen-bond donors (Lipinski definition) is 2. The quantitative estimate of drug-likeness (QED) is 0.667. The number of H-pyrrole nitrogens is 1. The number of aromatic nitrogens is 1. The maximum Gasteiger partial charge on any atom is 0.145 e. The van der Waals surface area contributed by atoms with Gasteiger partial charge in [-0.15, -0.1) is 0 Å². The Kier molecular flexibility index (Phi) is 2.24. The topological polar surface area (TPSA) is 65.6 Å². The Hall–Kier alpha value is -1.34. The number of rotatable bonds is 2. The molecule has 1 rings (SSSR count). The molecule has 0 radical (unpaired) electrons. The van der Waals surface area contributed by atoms with Crippen LogP contribution in [0.2, 0.25) is 0 Å². The van der Waals surface area contributed by atoms with Crippen molar-refractivity contribution in [2.45, 2.75) is 12.5 Å². The summed E-state index contributed by atoms with van der Waals surface area (Å²) in [5.41, 5.74) is 5.84. The van der Waals surface area contributed by atoms with Gasteiger partial charge in [0, 0.05) is 24.0 Å². The summed E-state index contributed by atoms with van der Waals surface area (Å²) in [6.07, 6.45) is 2.82. The molecule has 0 aromatic carbocycles. The highest BCUT2D eigenvalue weighted by Gasteiger charge is 2.10. The summed E-state index contributed by atoms with van der Waals surface area (Å²) in [6.45, 7) is 0. The maximum absolute atomic E-state index is 12.7. The lowest BCUT2D eigenvalue weighted by atomic mass is 10.1. The number of nitriles is 1. The highest BCUT2D eigenvalue weighted by atomic mass is 19.1. The summed E-state index contributed by atoms with van der Waals surface area (Å²) in [5, 5.41) is 8.26. The summed E-state index contributed by atoms with van der Waals surface area (Å²) < 4.78 is 12.7. The highest BCUT2D eigenvalue weighted by molar-refractivity contribution is 5.17. The molecular formula is C7H8FN3. The van der Waals surface area contributed by atoms with E-state index in [4.69, 9.17) is 11.0 Å². The number of nitrogens with two attached hydrogens (primary N) is 1. The fourth-order valence-corrected chi connectivity index (χ4v) is 0.849. The van der Waals surface area contributed by atoms with Crippen LogP contribution >= 0.6 is 0 Å². The van der Waals surface area contributed by atoms with Crippen LogP contribution in [0.25, 0.3) is 0 Å². The van der Waals surface area contributed by atoms with Gasteiger partial charge in [0.1, 0.15) is 5.82 Å². The average Bonchev–Trinajstić information content (AvgIpc) is 2.36. The maximum atomic E-state index is 12.7. The monoisotopic (exact) mass is 153 g/mol. The van der Waals surface area contributed by atoms with Gasteiger partial charge in [-0.2, -0.15) is 5.26 Å². The van der Waals surface area contributed by atoms with Crippen molar-refractivity contribution in [2.24, 2.45) is 5.73 Å². The Balaban J connectivity index is 2.77. The van der Waals surface area contributed by atoms with Crippen LogP contribution < -0.4 is 5.73 Å². The molecule has 0 saturated carbocycles. The van der Waals surface area contributed by atoms with E-state index in [0.29, 0.717) is 5.56 Å². The standard InChI is InChI=1S/C7H8FN3/c8-6-4-11-3-5(6)7(10)1-2-9/h3-4,7,11H,1,10H2.